The Morgan fingerprint density at radius 3 is 2.83 bits per heavy atom. The number of nitrogens with zero attached hydrogens (tertiary/aromatic N) is 2. The minimum Gasteiger partial charge on any atom is -0.470 e. The molecule has 0 bridgehead atoms. The number of likely N-dealkylation sites (tertiary alicyclic amines) is 1. The van der Waals surface area contributed by atoms with Crippen LogP contribution >= 0.6 is 0 Å². The summed E-state index contributed by atoms with van der Waals surface area (Å²) >= 11 is 0. The van der Waals surface area contributed by atoms with Crippen LogP contribution in [-0.4, -0.2) is 54.4 Å². The van der Waals surface area contributed by atoms with Gasteiger partial charge in [-0.1, -0.05) is 0 Å². The van der Waals surface area contributed by atoms with Gasteiger partial charge < -0.3 is 9.64 Å². The SMILES string of the molecule is CS(=O)(=O)C1(C(=O)N2CCC[C@@H](Oc3ncccc3F)C2)CC1. The van der Waals surface area contributed by atoms with Crippen LogP contribution in [0.4, 0.5) is 4.39 Å². The van der Waals surface area contributed by atoms with Gasteiger partial charge in [0.2, 0.25) is 5.91 Å². The van der Waals surface area contributed by atoms with Crippen molar-refractivity contribution in [3.63, 3.8) is 0 Å². The number of pyridine rings is 1. The smallest absolute Gasteiger partial charge is 0.250 e. The lowest BCUT2D eigenvalue weighted by Gasteiger charge is -2.34. The highest BCUT2D eigenvalue weighted by molar-refractivity contribution is 7.93. The molecule has 1 aliphatic heterocycles. The summed E-state index contributed by atoms with van der Waals surface area (Å²) < 4.78 is 41.7. The molecule has 2 fully saturated rings. The number of sulfone groups is 1. The predicted molar refractivity (Wildman–Crippen MR) is 81.2 cm³/mol. The number of amides is 1. The van der Waals surface area contributed by atoms with Crippen molar-refractivity contribution in [2.24, 2.45) is 0 Å². The largest absolute Gasteiger partial charge is 0.470 e. The molecule has 0 radical (unpaired) electrons. The molecule has 1 aromatic rings. The van der Waals surface area contributed by atoms with E-state index in [0.717, 1.165) is 6.26 Å². The quantitative estimate of drug-likeness (QED) is 0.821. The molecule has 2 aliphatic rings. The van der Waals surface area contributed by atoms with E-state index in [1.807, 2.05) is 0 Å². The van der Waals surface area contributed by atoms with Crippen LogP contribution in [0.3, 0.4) is 0 Å². The Morgan fingerprint density at radius 2 is 2.22 bits per heavy atom. The van der Waals surface area contributed by atoms with Crippen molar-refractivity contribution < 1.29 is 22.3 Å². The number of piperidine rings is 1. The fourth-order valence-electron chi connectivity index (χ4n) is 2.98. The molecule has 0 unspecified atom stereocenters. The van der Waals surface area contributed by atoms with E-state index in [1.54, 1.807) is 0 Å². The number of hydrogen-bond acceptors (Lipinski definition) is 5. The van der Waals surface area contributed by atoms with Gasteiger partial charge in [-0.2, -0.15) is 0 Å². The molecule has 1 saturated carbocycles. The average molecular weight is 342 g/mol. The van der Waals surface area contributed by atoms with Gasteiger partial charge in [-0.3, -0.25) is 4.79 Å². The third-order valence-electron chi connectivity index (χ3n) is 4.47. The molecule has 1 aliphatic carbocycles. The molecule has 0 N–H and O–H groups in total. The molecule has 0 aromatic carbocycles. The molecular weight excluding hydrogens is 323 g/mol. The van der Waals surface area contributed by atoms with Crippen molar-refractivity contribution >= 4 is 15.7 Å². The second kappa shape index (κ2) is 5.74. The molecule has 6 nitrogen and oxygen atoms in total. The minimum absolute atomic E-state index is 0.0870. The molecule has 0 spiro atoms. The van der Waals surface area contributed by atoms with Crippen molar-refractivity contribution in [2.75, 3.05) is 19.3 Å². The van der Waals surface area contributed by atoms with Crippen molar-refractivity contribution in [3.8, 4) is 5.88 Å². The predicted octanol–water partition coefficient (Wildman–Crippen LogP) is 1.17. The highest BCUT2D eigenvalue weighted by atomic mass is 32.2. The number of carbonyl (C=O) groups is 1. The summed E-state index contributed by atoms with van der Waals surface area (Å²) in [5, 5.41) is 0. The van der Waals surface area contributed by atoms with Crippen molar-refractivity contribution in [1.29, 1.82) is 0 Å². The fourth-order valence-corrected chi connectivity index (χ4v) is 4.27. The van der Waals surface area contributed by atoms with E-state index in [-0.39, 0.29) is 24.4 Å². The Labute approximate surface area is 134 Å². The van der Waals surface area contributed by atoms with Gasteiger partial charge in [0.15, 0.2) is 20.4 Å². The Balaban J connectivity index is 1.70. The van der Waals surface area contributed by atoms with Gasteiger partial charge in [-0.25, -0.2) is 17.8 Å². The summed E-state index contributed by atoms with van der Waals surface area (Å²) in [6, 6.07) is 2.73. The fraction of sp³-hybridized carbons (Fsp3) is 0.600. The first-order valence-electron chi connectivity index (χ1n) is 7.60. The lowest BCUT2D eigenvalue weighted by Crippen LogP contribution is -2.51. The van der Waals surface area contributed by atoms with Crippen LogP contribution < -0.4 is 4.74 Å². The van der Waals surface area contributed by atoms with E-state index in [1.165, 1.54) is 23.2 Å². The Morgan fingerprint density at radius 1 is 1.48 bits per heavy atom. The summed E-state index contributed by atoms with van der Waals surface area (Å²) in [6.07, 6.45) is 4.28. The lowest BCUT2D eigenvalue weighted by molar-refractivity contribution is -0.134. The first-order chi connectivity index (χ1) is 10.8. The molecule has 2 heterocycles. The van der Waals surface area contributed by atoms with Crippen LogP contribution in [0.15, 0.2) is 18.3 Å². The number of rotatable bonds is 4. The van der Waals surface area contributed by atoms with Crippen LogP contribution in [-0.2, 0) is 14.6 Å². The van der Waals surface area contributed by atoms with Gasteiger partial charge in [0.25, 0.3) is 5.88 Å². The highest BCUT2D eigenvalue weighted by Crippen LogP contribution is 2.45. The maximum absolute atomic E-state index is 13.6. The zero-order valence-corrected chi connectivity index (χ0v) is 13.7. The van der Waals surface area contributed by atoms with Gasteiger partial charge in [-0.15, -0.1) is 0 Å². The first kappa shape index (κ1) is 16.2. The van der Waals surface area contributed by atoms with Crippen molar-refractivity contribution in [3.05, 3.63) is 24.1 Å². The topological polar surface area (TPSA) is 76.6 Å². The van der Waals surface area contributed by atoms with Gasteiger partial charge in [-0.05, 0) is 37.8 Å². The molecule has 1 amide bonds. The van der Waals surface area contributed by atoms with Crippen molar-refractivity contribution in [1.82, 2.24) is 9.88 Å². The molecule has 8 heteroatoms. The Bertz CT molecular complexity index is 718. The van der Waals surface area contributed by atoms with Crippen molar-refractivity contribution in [2.45, 2.75) is 36.5 Å². The minimum atomic E-state index is -3.43. The molecule has 1 atom stereocenters. The van der Waals surface area contributed by atoms with E-state index < -0.39 is 20.4 Å². The Hall–Kier alpha value is -1.70. The molecule has 3 rings (SSSR count). The maximum atomic E-state index is 13.6. The molecule has 1 aromatic heterocycles. The molecule has 126 valence electrons. The van der Waals surface area contributed by atoms with E-state index >= 15 is 0 Å². The zero-order valence-electron chi connectivity index (χ0n) is 12.9. The molecule has 23 heavy (non-hydrogen) atoms. The molecular formula is C15H19FN2O4S. The second-order valence-electron chi connectivity index (χ2n) is 6.19. The van der Waals surface area contributed by atoms with E-state index in [4.69, 9.17) is 4.74 Å². The monoisotopic (exact) mass is 342 g/mol. The van der Waals surface area contributed by atoms with Crippen LogP contribution in [0, 0.1) is 5.82 Å². The van der Waals surface area contributed by atoms with E-state index in [2.05, 4.69) is 4.98 Å². The number of halogens is 1. The highest BCUT2D eigenvalue weighted by Gasteiger charge is 2.60. The second-order valence-corrected chi connectivity index (χ2v) is 8.52. The van der Waals surface area contributed by atoms with Gasteiger partial charge in [0.05, 0.1) is 6.54 Å². The number of hydrogen-bond donors (Lipinski definition) is 0. The van der Waals surface area contributed by atoms with Gasteiger partial charge in [0.1, 0.15) is 6.10 Å². The standard InChI is InChI=1S/C15H19FN2O4S/c1-23(20,21)15(6-7-15)14(19)18-9-3-4-11(10-18)22-13-12(16)5-2-8-17-13/h2,5,8,11H,3-4,6-7,9-10H2,1H3/t11-/m1/s1. The first-order valence-corrected chi connectivity index (χ1v) is 9.49. The van der Waals surface area contributed by atoms with Crippen LogP contribution in [0.1, 0.15) is 25.7 Å². The van der Waals surface area contributed by atoms with Crippen LogP contribution in [0.25, 0.3) is 0 Å². The van der Waals surface area contributed by atoms with Gasteiger partial charge >= 0.3 is 0 Å². The summed E-state index contributed by atoms with van der Waals surface area (Å²) in [4.78, 5) is 18.0. The number of carbonyl (C=O) groups excluding carboxylic acids is 1. The zero-order chi connectivity index (χ0) is 16.7. The van der Waals surface area contributed by atoms with Crippen LogP contribution in [0.2, 0.25) is 0 Å². The third-order valence-corrected chi connectivity index (χ3v) is 6.47. The normalized spacial score (nSPS) is 23.4. The summed E-state index contributed by atoms with van der Waals surface area (Å²) in [7, 11) is -3.43. The molecule has 1 saturated heterocycles. The lowest BCUT2D eigenvalue weighted by atomic mass is 10.1. The Kier molecular flexibility index (Phi) is 4.03. The number of aromatic nitrogens is 1. The van der Waals surface area contributed by atoms with Gasteiger partial charge in [0, 0.05) is 19.0 Å². The maximum Gasteiger partial charge on any atom is 0.250 e. The third kappa shape index (κ3) is 3.04. The summed E-state index contributed by atoms with van der Waals surface area (Å²) in [5.41, 5.74) is 0. The van der Waals surface area contributed by atoms with E-state index in [0.29, 0.717) is 32.2 Å². The average Bonchev–Trinajstić information content (AvgIpc) is 3.31. The summed E-state index contributed by atoms with van der Waals surface area (Å²) in [6.45, 7) is 0.757. The van der Waals surface area contributed by atoms with E-state index in [9.17, 15) is 17.6 Å². The summed E-state index contributed by atoms with van der Waals surface area (Å²) in [5.74, 6) is -0.989. The number of ether oxygens (including phenoxy) is 1. The van der Waals surface area contributed by atoms with Crippen LogP contribution in [0.5, 0.6) is 5.88 Å².